The Morgan fingerprint density at radius 3 is 2.35 bits per heavy atom. The zero-order valence-electron chi connectivity index (χ0n) is 10.9. The minimum Gasteiger partial charge on any atom is -0.383 e. The van der Waals surface area contributed by atoms with Gasteiger partial charge in [0.1, 0.15) is 5.60 Å². The van der Waals surface area contributed by atoms with E-state index in [1.165, 1.54) is 12.5 Å². The van der Waals surface area contributed by atoms with Gasteiger partial charge in [-0.2, -0.15) is 24.9 Å². The zero-order chi connectivity index (χ0) is 14.4. The van der Waals surface area contributed by atoms with E-state index in [0.29, 0.717) is 29.0 Å². The summed E-state index contributed by atoms with van der Waals surface area (Å²) < 4.78 is 37.6. The molecule has 2 unspecified atom stereocenters. The Balaban J connectivity index is 1.84. The van der Waals surface area contributed by atoms with Crippen molar-refractivity contribution in [2.45, 2.75) is 54.4 Å². The summed E-state index contributed by atoms with van der Waals surface area (Å²) in [7, 11) is 0. The van der Waals surface area contributed by atoms with Crippen LogP contribution in [0, 0.1) is 0 Å². The average Bonchev–Trinajstić information content (AvgIpc) is 2.37. The van der Waals surface area contributed by atoms with E-state index in [1.54, 1.807) is 0 Å². The van der Waals surface area contributed by atoms with Crippen molar-refractivity contribution in [3.8, 4) is 0 Å². The van der Waals surface area contributed by atoms with Crippen molar-refractivity contribution in [1.29, 1.82) is 0 Å². The van der Waals surface area contributed by atoms with Gasteiger partial charge in [-0.25, -0.2) is 0 Å². The highest BCUT2D eigenvalue weighted by atomic mass is 32.2. The monoisotopic (exact) mass is 303 g/mol. The van der Waals surface area contributed by atoms with Crippen LogP contribution in [0.2, 0.25) is 0 Å². The lowest BCUT2D eigenvalue weighted by Crippen LogP contribution is -2.41. The van der Waals surface area contributed by atoms with Crippen LogP contribution in [-0.2, 0) is 11.8 Å². The molecule has 2 aliphatic rings. The fourth-order valence-corrected chi connectivity index (χ4v) is 5.06. The molecule has 2 aliphatic heterocycles. The number of hydrogen-bond donors (Lipinski definition) is 1. The lowest BCUT2D eigenvalue weighted by molar-refractivity contribution is -0.137. The first-order chi connectivity index (χ1) is 9.37. The molecule has 1 aromatic rings. The van der Waals surface area contributed by atoms with Crippen LogP contribution in [0.15, 0.2) is 18.3 Å². The number of hydrogen-bond acceptors (Lipinski definition) is 3. The van der Waals surface area contributed by atoms with Crippen molar-refractivity contribution < 1.29 is 18.3 Å². The van der Waals surface area contributed by atoms with Crippen LogP contribution >= 0.6 is 11.8 Å². The number of fused-ring (bicyclic) bond motifs is 2. The number of aromatic nitrogens is 1. The molecule has 0 radical (unpaired) electrons. The number of alkyl halides is 3. The normalized spacial score (nSPS) is 34.0. The summed E-state index contributed by atoms with van der Waals surface area (Å²) in [4.78, 5) is 3.89. The van der Waals surface area contributed by atoms with Crippen LogP contribution in [0.1, 0.15) is 43.4 Å². The molecule has 0 spiro atoms. The second kappa shape index (κ2) is 4.91. The van der Waals surface area contributed by atoms with Gasteiger partial charge in [-0.05, 0) is 37.8 Å². The first-order valence-electron chi connectivity index (χ1n) is 6.78. The SMILES string of the molecule is OC1(c2ccc(C(F)(F)F)cn2)CC2CCCC(C1)S2. The summed E-state index contributed by atoms with van der Waals surface area (Å²) in [6, 6.07) is 2.34. The third-order valence-electron chi connectivity index (χ3n) is 4.14. The Labute approximate surface area is 119 Å². The van der Waals surface area contributed by atoms with Crippen LogP contribution < -0.4 is 0 Å². The molecular formula is C14H16F3NOS. The van der Waals surface area contributed by atoms with Gasteiger partial charge in [0, 0.05) is 16.7 Å². The molecule has 20 heavy (non-hydrogen) atoms. The lowest BCUT2D eigenvalue weighted by Gasteiger charge is -2.43. The topological polar surface area (TPSA) is 33.1 Å². The fourth-order valence-electron chi connectivity index (χ4n) is 3.16. The van der Waals surface area contributed by atoms with Gasteiger partial charge in [0.25, 0.3) is 0 Å². The van der Waals surface area contributed by atoms with Gasteiger partial charge in [-0.1, -0.05) is 6.42 Å². The van der Waals surface area contributed by atoms with Crippen molar-refractivity contribution in [2.24, 2.45) is 0 Å². The van der Waals surface area contributed by atoms with Gasteiger partial charge in [0.05, 0.1) is 11.3 Å². The van der Waals surface area contributed by atoms with Crippen molar-refractivity contribution in [3.05, 3.63) is 29.6 Å². The van der Waals surface area contributed by atoms with Gasteiger partial charge in [-0.3, -0.25) is 4.98 Å². The number of rotatable bonds is 1. The Kier molecular flexibility index (Phi) is 3.49. The molecule has 2 nitrogen and oxygen atoms in total. The Morgan fingerprint density at radius 1 is 1.20 bits per heavy atom. The summed E-state index contributed by atoms with van der Waals surface area (Å²) in [5.41, 5.74) is -1.46. The number of thioether (sulfide) groups is 1. The van der Waals surface area contributed by atoms with Gasteiger partial charge < -0.3 is 5.11 Å². The molecular weight excluding hydrogens is 287 g/mol. The zero-order valence-corrected chi connectivity index (χ0v) is 11.7. The molecule has 0 aliphatic carbocycles. The molecule has 1 aromatic heterocycles. The minimum absolute atomic E-state index is 0.378. The predicted molar refractivity (Wildman–Crippen MR) is 71.4 cm³/mol. The molecule has 3 rings (SSSR count). The number of aliphatic hydroxyl groups is 1. The van der Waals surface area contributed by atoms with Crippen LogP contribution in [0.4, 0.5) is 13.2 Å². The maximum atomic E-state index is 12.5. The minimum atomic E-state index is -4.38. The van der Waals surface area contributed by atoms with Crippen LogP contribution in [0.5, 0.6) is 0 Å². The number of nitrogens with zero attached hydrogens (tertiary/aromatic N) is 1. The van der Waals surface area contributed by atoms with E-state index >= 15 is 0 Å². The van der Waals surface area contributed by atoms with E-state index in [2.05, 4.69) is 4.98 Å². The van der Waals surface area contributed by atoms with E-state index < -0.39 is 17.3 Å². The van der Waals surface area contributed by atoms with E-state index in [0.717, 1.165) is 25.1 Å². The highest BCUT2D eigenvalue weighted by Gasteiger charge is 2.43. The maximum Gasteiger partial charge on any atom is 0.417 e. The molecule has 6 heteroatoms. The predicted octanol–water partition coefficient (Wildman–Crippen LogP) is 3.74. The van der Waals surface area contributed by atoms with Crippen LogP contribution in [-0.4, -0.2) is 20.6 Å². The molecule has 1 N–H and O–H groups in total. The molecule has 0 aromatic carbocycles. The van der Waals surface area contributed by atoms with Crippen molar-refractivity contribution in [3.63, 3.8) is 0 Å². The highest BCUT2D eigenvalue weighted by Crippen LogP contribution is 2.49. The Hall–Kier alpha value is -0.750. The van der Waals surface area contributed by atoms with Crippen molar-refractivity contribution >= 4 is 11.8 Å². The lowest BCUT2D eigenvalue weighted by atomic mass is 9.83. The summed E-state index contributed by atoms with van der Waals surface area (Å²) in [6.45, 7) is 0. The van der Waals surface area contributed by atoms with Crippen molar-refractivity contribution in [2.75, 3.05) is 0 Å². The summed E-state index contributed by atoms with van der Waals surface area (Å²) >= 11 is 1.91. The van der Waals surface area contributed by atoms with Crippen molar-refractivity contribution in [1.82, 2.24) is 4.98 Å². The summed E-state index contributed by atoms with van der Waals surface area (Å²) in [5, 5.41) is 11.6. The maximum absolute atomic E-state index is 12.5. The summed E-state index contributed by atoms with van der Waals surface area (Å²) in [5.74, 6) is 0. The van der Waals surface area contributed by atoms with Crippen LogP contribution in [0.3, 0.4) is 0 Å². The molecule has 2 bridgehead atoms. The second-order valence-electron chi connectivity index (χ2n) is 5.68. The summed E-state index contributed by atoms with van der Waals surface area (Å²) in [6.07, 6.45) is 0.948. The Morgan fingerprint density at radius 2 is 1.85 bits per heavy atom. The first-order valence-corrected chi connectivity index (χ1v) is 7.73. The molecule has 0 amide bonds. The largest absolute Gasteiger partial charge is 0.417 e. The first kappa shape index (κ1) is 14.2. The third kappa shape index (κ3) is 2.68. The molecule has 2 atom stereocenters. The third-order valence-corrected chi connectivity index (χ3v) is 5.71. The highest BCUT2D eigenvalue weighted by molar-refractivity contribution is 8.00. The number of pyridine rings is 1. The van der Waals surface area contributed by atoms with Gasteiger partial charge >= 0.3 is 6.18 Å². The van der Waals surface area contributed by atoms with Gasteiger partial charge in [-0.15, -0.1) is 0 Å². The van der Waals surface area contributed by atoms with Crippen LogP contribution in [0.25, 0.3) is 0 Å². The quantitative estimate of drug-likeness (QED) is 0.858. The molecule has 0 saturated carbocycles. The smallest absolute Gasteiger partial charge is 0.383 e. The van der Waals surface area contributed by atoms with E-state index in [1.807, 2.05) is 11.8 Å². The molecule has 3 heterocycles. The molecule has 2 fully saturated rings. The standard InChI is InChI=1S/C14H16F3NOS/c15-14(16,17)9-4-5-12(18-8-9)13(19)6-10-2-1-3-11(7-13)20-10/h4-5,8,10-11,19H,1-3,6-7H2. The molecule has 110 valence electrons. The number of halogens is 3. The molecule has 2 saturated heterocycles. The van der Waals surface area contributed by atoms with E-state index in [4.69, 9.17) is 0 Å². The van der Waals surface area contributed by atoms with Gasteiger partial charge in [0.15, 0.2) is 0 Å². The second-order valence-corrected chi connectivity index (χ2v) is 7.29. The Bertz CT molecular complexity index is 476. The van der Waals surface area contributed by atoms with Gasteiger partial charge in [0.2, 0.25) is 0 Å². The fraction of sp³-hybridized carbons (Fsp3) is 0.643. The van der Waals surface area contributed by atoms with E-state index in [9.17, 15) is 18.3 Å². The average molecular weight is 303 g/mol. The van der Waals surface area contributed by atoms with E-state index in [-0.39, 0.29) is 0 Å².